The van der Waals surface area contributed by atoms with Crippen LogP contribution in [0, 0.1) is 6.92 Å². The highest BCUT2D eigenvalue weighted by atomic mass is 35.5. The lowest BCUT2D eigenvalue weighted by molar-refractivity contribution is 0.438. The lowest BCUT2D eigenvalue weighted by Gasteiger charge is -2.23. The molecule has 0 aliphatic heterocycles. The minimum atomic E-state index is -3.58. The summed E-state index contributed by atoms with van der Waals surface area (Å²) in [6.07, 6.45) is 4.16. The van der Waals surface area contributed by atoms with Crippen molar-refractivity contribution < 1.29 is 12.8 Å². The average molecular weight is 326 g/mol. The van der Waals surface area contributed by atoms with E-state index in [1.807, 2.05) is 6.07 Å². The fourth-order valence-electron chi connectivity index (χ4n) is 2.77. The average Bonchev–Trinajstić information content (AvgIpc) is 2.87. The van der Waals surface area contributed by atoms with Gasteiger partial charge < -0.3 is 4.42 Å². The van der Waals surface area contributed by atoms with Crippen LogP contribution < -0.4 is 4.72 Å². The van der Waals surface area contributed by atoms with Crippen LogP contribution in [0.15, 0.2) is 39.8 Å². The Hall–Kier alpha value is -1.30. The Kier molecular flexibility index (Phi) is 3.82. The van der Waals surface area contributed by atoms with E-state index < -0.39 is 10.0 Å². The molecular weight excluding hydrogens is 310 g/mol. The Morgan fingerprint density at radius 3 is 2.90 bits per heavy atom. The topological polar surface area (TPSA) is 59.3 Å². The van der Waals surface area contributed by atoms with E-state index in [2.05, 4.69) is 4.72 Å². The summed E-state index contributed by atoms with van der Waals surface area (Å²) in [5, 5.41) is 0.529. The predicted octanol–water partition coefficient (Wildman–Crippen LogP) is 3.60. The summed E-state index contributed by atoms with van der Waals surface area (Å²) in [4.78, 5) is 0.266. The van der Waals surface area contributed by atoms with Crippen LogP contribution in [0.3, 0.4) is 0 Å². The molecule has 1 aromatic carbocycles. The van der Waals surface area contributed by atoms with E-state index in [0.29, 0.717) is 10.6 Å². The van der Waals surface area contributed by atoms with Crippen molar-refractivity contribution in [1.29, 1.82) is 0 Å². The van der Waals surface area contributed by atoms with Crippen molar-refractivity contribution in [1.82, 2.24) is 4.72 Å². The first-order valence-corrected chi connectivity index (χ1v) is 8.68. The highest BCUT2D eigenvalue weighted by Crippen LogP contribution is 2.32. The second-order valence-corrected chi connectivity index (χ2v) is 7.39. The minimum absolute atomic E-state index is 0.229. The molecule has 1 atom stereocenters. The van der Waals surface area contributed by atoms with Gasteiger partial charge in [0.1, 0.15) is 5.76 Å². The number of hydrogen-bond donors (Lipinski definition) is 1. The molecule has 0 saturated carbocycles. The molecule has 0 radical (unpaired) electrons. The molecular formula is C15H16ClNO3S. The van der Waals surface area contributed by atoms with Gasteiger partial charge in [-0.15, -0.1) is 0 Å². The van der Waals surface area contributed by atoms with Crippen molar-refractivity contribution in [2.45, 2.75) is 37.1 Å². The van der Waals surface area contributed by atoms with Crippen molar-refractivity contribution >= 4 is 21.6 Å². The van der Waals surface area contributed by atoms with E-state index in [1.54, 1.807) is 31.4 Å². The molecule has 21 heavy (non-hydrogen) atoms. The number of aryl methyl sites for hydroxylation is 2. The maximum Gasteiger partial charge on any atom is 0.241 e. The van der Waals surface area contributed by atoms with E-state index in [1.165, 1.54) is 0 Å². The summed E-state index contributed by atoms with van der Waals surface area (Å²) in [6.45, 7) is 1.74. The number of nitrogens with one attached hydrogen (secondary N) is 1. The lowest BCUT2D eigenvalue weighted by atomic mass is 9.94. The monoisotopic (exact) mass is 325 g/mol. The summed E-state index contributed by atoms with van der Waals surface area (Å²) in [5.41, 5.74) is 1.58. The van der Waals surface area contributed by atoms with Crippen LogP contribution >= 0.6 is 11.6 Å². The van der Waals surface area contributed by atoms with Gasteiger partial charge in [0.15, 0.2) is 0 Å². The van der Waals surface area contributed by atoms with Crippen molar-refractivity contribution in [2.75, 3.05) is 0 Å². The van der Waals surface area contributed by atoms with Gasteiger partial charge in [0, 0.05) is 17.0 Å². The molecule has 0 spiro atoms. The molecule has 1 N–H and O–H groups in total. The van der Waals surface area contributed by atoms with Crippen molar-refractivity contribution in [3.8, 4) is 0 Å². The quantitative estimate of drug-likeness (QED) is 0.938. The van der Waals surface area contributed by atoms with Gasteiger partial charge in [-0.3, -0.25) is 0 Å². The van der Waals surface area contributed by atoms with Crippen LogP contribution in [0.5, 0.6) is 0 Å². The third-order valence-electron chi connectivity index (χ3n) is 3.78. The smallest absolute Gasteiger partial charge is 0.241 e. The number of fused-ring (bicyclic) bond motifs is 1. The van der Waals surface area contributed by atoms with Gasteiger partial charge in [-0.25, -0.2) is 13.1 Å². The lowest BCUT2D eigenvalue weighted by Crippen LogP contribution is -2.31. The summed E-state index contributed by atoms with van der Waals surface area (Å²) in [7, 11) is -3.58. The first-order valence-electron chi connectivity index (χ1n) is 6.82. The zero-order valence-corrected chi connectivity index (χ0v) is 13.2. The molecule has 0 saturated heterocycles. The Morgan fingerprint density at radius 1 is 1.33 bits per heavy atom. The van der Waals surface area contributed by atoms with Crippen LogP contribution in [0.25, 0.3) is 0 Å². The third-order valence-corrected chi connectivity index (χ3v) is 5.64. The van der Waals surface area contributed by atoms with Gasteiger partial charge in [-0.1, -0.05) is 11.6 Å². The van der Waals surface area contributed by atoms with E-state index in [-0.39, 0.29) is 10.9 Å². The fraction of sp³-hybridized carbons (Fsp3) is 0.333. The standard InChI is InChI=1S/C15H16ClNO3S/c1-10-9-11(16)5-6-15(10)21(18,19)17-13-3-2-4-14-12(13)7-8-20-14/h5-9,13,17H,2-4H2,1H3. The molecule has 1 aliphatic rings. The Labute approximate surface area is 129 Å². The van der Waals surface area contributed by atoms with Gasteiger partial charge in [0.25, 0.3) is 0 Å². The number of sulfonamides is 1. The van der Waals surface area contributed by atoms with Crippen LogP contribution in [-0.2, 0) is 16.4 Å². The van der Waals surface area contributed by atoms with Crippen molar-refractivity contribution in [3.05, 3.63) is 52.4 Å². The zero-order chi connectivity index (χ0) is 15.0. The van der Waals surface area contributed by atoms with E-state index >= 15 is 0 Å². The van der Waals surface area contributed by atoms with E-state index in [0.717, 1.165) is 30.6 Å². The van der Waals surface area contributed by atoms with Gasteiger partial charge in [-0.2, -0.15) is 0 Å². The van der Waals surface area contributed by atoms with E-state index in [4.69, 9.17) is 16.0 Å². The molecule has 6 heteroatoms. The normalized spacial score (nSPS) is 18.5. The first-order chi connectivity index (χ1) is 9.97. The summed E-state index contributed by atoms with van der Waals surface area (Å²) in [6, 6.07) is 6.40. The maximum atomic E-state index is 12.6. The fourth-order valence-corrected chi connectivity index (χ4v) is 4.48. The summed E-state index contributed by atoms with van der Waals surface area (Å²) >= 11 is 5.88. The molecule has 3 rings (SSSR count). The molecule has 0 bridgehead atoms. The molecule has 0 fully saturated rings. The first kappa shape index (κ1) is 14.6. The highest BCUT2D eigenvalue weighted by molar-refractivity contribution is 7.89. The molecule has 0 amide bonds. The Bertz CT molecular complexity index is 767. The zero-order valence-electron chi connectivity index (χ0n) is 11.6. The largest absolute Gasteiger partial charge is 0.469 e. The second kappa shape index (κ2) is 5.48. The SMILES string of the molecule is Cc1cc(Cl)ccc1S(=O)(=O)NC1CCCc2occc21. The van der Waals surface area contributed by atoms with Crippen LogP contribution in [0.4, 0.5) is 0 Å². The Balaban J connectivity index is 1.91. The van der Waals surface area contributed by atoms with Crippen LogP contribution in [-0.4, -0.2) is 8.42 Å². The van der Waals surface area contributed by atoms with Crippen molar-refractivity contribution in [3.63, 3.8) is 0 Å². The number of benzene rings is 1. The van der Waals surface area contributed by atoms with E-state index in [9.17, 15) is 8.42 Å². The van der Waals surface area contributed by atoms with Crippen LogP contribution in [0.2, 0.25) is 5.02 Å². The maximum absolute atomic E-state index is 12.6. The molecule has 2 aromatic rings. The predicted molar refractivity (Wildman–Crippen MR) is 80.9 cm³/mol. The number of halogens is 1. The highest BCUT2D eigenvalue weighted by Gasteiger charge is 2.28. The van der Waals surface area contributed by atoms with Crippen molar-refractivity contribution in [2.24, 2.45) is 0 Å². The van der Waals surface area contributed by atoms with Gasteiger partial charge in [0.2, 0.25) is 10.0 Å². The van der Waals surface area contributed by atoms with Crippen LogP contribution in [0.1, 0.15) is 35.8 Å². The molecule has 4 nitrogen and oxygen atoms in total. The van der Waals surface area contributed by atoms with Gasteiger partial charge in [-0.05, 0) is 49.6 Å². The minimum Gasteiger partial charge on any atom is -0.469 e. The summed E-state index contributed by atoms with van der Waals surface area (Å²) < 4.78 is 33.3. The number of hydrogen-bond acceptors (Lipinski definition) is 3. The molecule has 112 valence electrons. The van der Waals surface area contributed by atoms with Gasteiger partial charge >= 0.3 is 0 Å². The summed E-state index contributed by atoms with van der Waals surface area (Å²) in [5.74, 6) is 0.877. The van der Waals surface area contributed by atoms with Gasteiger partial charge in [0.05, 0.1) is 17.2 Å². The molecule has 1 unspecified atom stereocenters. The Morgan fingerprint density at radius 2 is 2.14 bits per heavy atom. The third kappa shape index (κ3) is 2.86. The molecule has 1 heterocycles. The number of rotatable bonds is 3. The second-order valence-electron chi connectivity index (χ2n) is 5.28. The molecule has 1 aromatic heterocycles. The molecule has 1 aliphatic carbocycles. The number of furan rings is 1.